The summed E-state index contributed by atoms with van der Waals surface area (Å²) in [5.41, 5.74) is 3.07. The number of pyridine rings is 1. The van der Waals surface area contributed by atoms with Crippen LogP contribution in [0.2, 0.25) is 0 Å². The number of methoxy groups -OCH3 is 1. The lowest BCUT2D eigenvalue weighted by Crippen LogP contribution is -2.20. The Morgan fingerprint density at radius 3 is 2.77 bits per heavy atom. The molecular formula is C21H28N4O. The molecule has 1 aliphatic rings. The molecule has 0 aliphatic heterocycles. The van der Waals surface area contributed by atoms with Crippen molar-refractivity contribution in [2.75, 3.05) is 19.0 Å². The van der Waals surface area contributed by atoms with Crippen molar-refractivity contribution in [2.45, 2.75) is 52.0 Å². The smallest absolute Gasteiger partial charge is 0.160 e. The SMILES string of the molecule is CCNc1c2cc(OC)ccc2nc2c1cnn2[C@H](C)C1CCCCC1. The molecule has 4 rings (SSSR count). The minimum Gasteiger partial charge on any atom is -0.497 e. The molecule has 5 nitrogen and oxygen atoms in total. The van der Waals surface area contributed by atoms with Gasteiger partial charge >= 0.3 is 0 Å². The molecule has 1 aromatic carbocycles. The number of aromatic nitrogens is 3. The molecule has 0 saturated heterocycles. The standard InChI is InChI=1S/C21H28N4O/c1-4-22-20-17-12-16(26-3)10-11-19(17)24-21-18(20)13-23-25(21)14(2)15-8-6-5-7-9-15/h10-15H,4-9H2,1-3H3,(H,22,24)/t14-/m1/s1. The predicted octanol–water partition coefficient (Wildman–Crippen LogP) is 5.17. The summed E-state index contributed by atoms with van der Waals surface area (Å²) in [4.78, 5) is 4.98. The zero-order valence-electron chi connectivity index (χ0n) is 16.0. The molecule has 1 fully saturated rings. The predicted molar refractivity (Wildman–Crippen MR) is 107 cm³/mol. The van der Waals surface area contributed by atoms with Crippen LogP contribution in [0.1, 0.15) is 52.0 Å². The summed E-state index contributed by atoms with van der Waals surface area (Å²) in [7, 11) is 1.70. The molecule has 26 heavy (non-hydrogen) atoms. The third-order valence-electron chi connectivity index (χ3n) is 5.81. The first-order valence-electron chi connectivity index (χ1n) is 9.81. The van der Waals surface area contributed by atoms with Gasteiger partial charge in [-0.05, 0) is 50.8 Å². The Bertz CT molecular complexity index is 911. The lowest BCUT2D eigenvalue weighted by molar-refractivity contribution is 0.254. The number of nitrogens with zero attached hydrogens (tertiary/aromatic N) is 3. The summed E-state index contributed by atoms with van der Waals surface area (Å²) in [6, 6.07) is 6.45. The van der Waals surface area contributed by atoms with Crippen molar-refractivity contribution in [3.05, 3.63) is 24.4 Å². The van der Waals surface area contributed by atoms with Gasteiger partial charge < -0.3 is 10.1 Å². The molecule has 1 N–H and O–H groups in total. The lowest BCUT2D eigenvalue weighted by atomic mass is 9.84. The maximum Gasteiger partial charge on any atom is 0.160 e. The summed E-state index contributed by atoms with van der Waals surface area (Å²) >= 11 is 0. The second-order valence-electron chi connectivity index (χ2n) is 7.37. The fourth-order valence-electron chi connectivity index (χ4n) is 4.32. The fourth-order valence-corrected chi connectivity index (χ4v) is 4.32. The van der Waals surface area contributed by atoms with E-state index in [-0.39, 0.29) is 0 Å². The van der Waals surface area contributed by atoms with Gasteiger partial charge in [-0.15, -0.1) is 0 Å². The average Bonchev–Trinajstić information content (AvgIpc) is 3.11. The van der Waals surface area contributed by atoms with Gasteiger partial charge in [-0.2, -0.15) is 5.10 Å². The monoisotopic (exact) mass is 352 g/mol. The largest absolute Gasteiger partial charge is 0.497 e. The summed E-state index contributed by atoms with van der Waals surface area (Å²) in [6.07, 6.45) is 8.62. The van der Waals surface area contributed by atoms with Gasteiger partial charge in [-0.25, -0.2) is 9.67 Å². The van der Waals surface area contributed by atoms with Crippen molar-refractivity contribution < 1.29 is 4.74 Å². The Kier molecular flexibility index (Phi) is 4.70. The van der Waals surface area contributed by atoms with Gasteiger partial charge in [0.2, 0.25) is 0 Å². The molecule has 0 unspecified atom stereocenters. The van der Waals surface area contributed by atoms with Gasteiger partial charge in [0.05, 0.1) is 35.9 Å². The second kappa shape index (κ2) is 7.14. The molecule has 3 aromatic rings. The van der Waals surface area contributed by atoms with Gasteiger partial charge in [-0.1, -0.05) is 19.3 Å². The van der Waals surface area contributed by atoms with Crippen LogP contribution >= 0.6 is 0 Å². The highest BCUT2D eigenvalue weighted by molar-refractivity contribution is 6.06. The number of fused-ring (bicyclic) bond motifs is 2. The van der Waals surface area contributed by atoms with Crippen LogP contribution < -0.4 is 10.1 Å². The molecule has 1 saturated carbocycles. The van der Waals surface area contributed by atoms with Gasteiger partial charge in [0.15, 0.2) is 5.65 Å². The van der Waals surface area contributed by atoms with Crippen LogP contribution in [0.4, 0.5) is 5.69 Å². The highest BCUT2D eigenvalue weighted by Gasteiger charge is 2.24. The van der Waals surface area contributed by atoms with E-state index in [0.717, 1.165) is 39.9 Å². The van der Waals surface area contributed by atoms with Gasteiger partial charge in [0.25, 0.3) is 0 Å². The Morgan fingerprint density at radius 2 is 2.04 bits per heavy atom. The first-order valence-corrected chi connectivity index (χ1v) is 9.81. The molecule has 0 radical (unpaired) electrons. The molecule has 0 amide bonds. The molecule has 138 valence electrons. The number of nitrogens with one attached hydrogen (secondary N) is 1. The zero-order valence-corrected chi connectivity index (χ0v) is 16.0. The summed E-state index contributed by atoms with van der Waals surface area (Å²) < 4.78 is 7.56. The first-order chi connectivity index (χ1) is 12.7. The molecule has 1 aliphatic carbocycles. The van der Waals surface area contributed by atoms with E-state index in [1.165, 1.54) is 32.1 Å². The van der Waals surface area contributed by atoms with Crippen molar-refractivity contribution in [1.29, 1.82) is 0 Å². The van der Waals surface area contributed by atoms with E-state index < -0.39 is 0 Å². The molecule has 0 spiro atoms. The van der Waals surface area contributed by atoms with Crippen LogP contribution in [0.5, 0.6) is 5.75 Å². The van der Waals surface area contributed by atoms with Crippen molar-refractivity contribution in [2.24, 2.45) is 5.92 Å². The van der Waals surface area contributed by atoms with E-state index in [4.69, 9.17) is 14.8 Å². The molecule has 5 heteroatoms. The van der Waals surface area contributed by atoms with E-state index in [1.54, 1.807) is 7.11 Å². The van der Waals surface area contributed by atoms with E-state index >= 15 is 0 Å². The van der Waals surface area contributed by atoms with Crippen LogP contribution in [0.25, 0.3) is 21.9 Å². The van der Waals surface area contributed by atoms with Crippen LogP contribution in [-0.4, -0.2) is 28.4 Å². The molecule has 2 heterocycles. The van der Waals surface area contributed by atoms with Crippen molar-refractivity contribution in [3.63, 3.8) is 0 Å². The molecule has 1 atom stereocenters. The van der Waals surface area contributed by atoms with Gasteiger partial charge in [0, 0.05) is 11.9 Å². The van der Waals surface area contributed by atoms with Crippen LogP contribution in [-0.2, 0) is 0 Å². The third kappa shape index (κ3) is 2.89. The highest BCUT2D eigenvalue weighted by Crippen LogP contribution is 2.37. The number of benzene rings is 1. The minimum absolute atomic E-state index is 0.380. The Labute approximate surface area is 154 Å². The van der Waals surface area contributed by atoms with Crippen LogP contribution in [0.15, 0.2) is 24.4 Å². The van der Waals surface area contributed by atoms with E-state index in [9.17, 15) is 0 Å². The highest BCUT2D eigenvalue weighted by atomic mass is 16.5. The summed E-state index contributed by atoms with van der Waals surface area (Å²) in [5, 5.41) is 10.5. The molecule has 0 bridgehead atoms. The Balaban J connectivity index is 1.86. The number of rotatable bonds is 5. The van der Waals surface area contributed by atoms with Crippen LogP contribution in [0.3, 0.4) is 0 Å². The topological polar surface area (TPSA) is 52.0 Å². The average molecular weight is 352 g/mol. The second-order valence-corrected chi connectivity index (χ2v) is 7.37. The van der Waals surface area contributed by atoms with Crippen LogP contribution in [0, 0.1) is 5.92 Å². The number of hydrogen-bond donors (Lipinski definition) is 1. The van der Waals surface area contributed by atoms with E-state index in [1.807, 2.05) is 18.3 Å². The maximum atomic E-state index is 5.41. The summed E-state index contributed by atoms with van der Waals surface area (Å²) in [6.45, 7) is 5.28. The molecule has 2 aromatic heterocycles. The summed E-state index contributed by atoms with van der Waals surface area (Å²) in [5.74, 6) is 1.54. The Morgan fingerprint density at radius 1 is 1.23 bits per heavy atom. The number of ether oxygens (including phenoxy) is 1. The van der Waals surface area contributed by atoms with Crippen molar-refractivity contribution in [1.82, 2.24) is 14.8 Å². The fraction of sp³-hybridized carbons (Fsp3) is 0.524. The lowest BCUT2D eigenvalue weighted by Gasteiger charge is -2.28. The first kappa shape index (κ1) is 17.1. The minimum atomic E-state index is 0.380. The van der Waals surface area contributed by atoms with E-state index in [0.29, 0.717) is 12.0 Å². The maximum absolute atomic E-state index is 5.41. The third-order valence-corrected chi connectivity index (χ3v) is 5.81. The number of anilines is 1. The normalized spacial score (nSPS) is 16.9. The quantitative estimate of drug-likeness (QED) is 0.688. The van der Waals surface area contributed by atoms with Crippen molar-refractivity contribution in [3.8, 4) is 5.75 Å². The van der Waals surface area contributed by atoms with Gasteiger partial charge in [0.1, 0.15) is 5.75 Å². The number of hydrogen-bond acceptors (Lipinski definition) is 4. The van der Waals surface area contributed by atoms with Gasteiger partial charge in [-0.3, -0.25) is 0 Å². The molecular weight excluding hydrogens is 324 g/mol. The zero-order chi connectivity index (χ0) is 18.1. The van der Waals surface area contributed by atoms with E-state index in [2.05, 4.69) is 29.9 Å². The van der Waals surface area contributed by atoms with Crippen molar-refractivity contribution >= 4 is 27.6 Å². The Hall–Kier alpha value is -2.30.